The summed E-state index contributed by atoms with van der Waals surface area (Å²) in [6.07, 6.45) is 0.517. The molecule has 0 radical (unpaired) electrons. The summed E-state index contributed by atoms with van der Waals surface area (Å²) in [7, 11) is 0. The topological polar surface area (TPSA) is 68.9 Å². The van der Waals surface area contributed by atoms with Gasteiger partial charge in [-0.2, -0.15) is 0 Å². The summed E-state index contributed by atoms with van der Waals surface area (Å²) in [5.74, 6) is 1.41. The van der Waals surface area contributed by atoms with E-state index in [4.69, 9.17) is 18.1 Å². The molecule has 0 spiro atoms. The molecule has 0 saturated carbocycles. The Morgan fingerprint density at radius 3 is 2.43 bits per heavy atom. The van der Waals surface area contributed by atoms with Crippen LogP contribution in [0.2, 0.25) is 0 Å². The van der Waals surface area contributed by atoms with Crippen molar-refractivity contribution in [1.29, 1.82) is 0 Å². The molecule has 1 atom stereocenters. The molecule has 2 aromatic carbocycles. The smallest absolute Gasteiger partial charge is 0.249 e. The molecule has 7 nitrogen and oxygen atoms in total. The Balaban J connectivity index is 1.63. The van der Waals surface area contributed by atoms with E-state index in [0.29, 0.717) is 23.8 Å². The number of nitrogens with zero attached hydrogens (tertiary/aromatic N) is 6. The van der Waals surface area contributed by atoms with Gasteiger partial charge in [0, 0.05) is 18.4 Å². The Labute approximate surface area is 219 Å². The zero-order chi connectivity index (χ0) is 26.1. The summed E-state index contributed by atoms with van der Waals surface area (Å²) in [5, 5.41) is 9.72. The van der Waals surface area contributed by atoms with Gasteiger partial charge in [-0.3, -0.25) is 14.4 Å². The van der Waals surface area contributed by atoms with Gasteiger partial charge in [0.1, 0.15) is 22.7 Å². The SMILES string of the molecule is [C-]#[N+]Cc1sc2c(c1C)C(c1ccc([N+]#[C-])cc1)=N[C@@H](CC(=O)Cc1ccc(C)cc1)c1nnc(C)n1-2. The van der Waals surface area contributed by atoms with Crippen molar-refractivity contribution >= 4 is 28.5 Å². The van der Waals surface area contributed by atoms with E-state index in [1.165, 1.54) is 0 Å². The minimum atomic E-state index is -0.516. The highest BCUT2D eigenvalue weighted by Gasteiger charge is 2.33. The molecule has 0 amide bonds. The summed E-state index contributed by atoms with van der Waals surface area (Å²) in [6.45, 7) is 20.9. The Hall–Kier alpha value is -4.40. The maximum absolute atomic E-state index is 13.2. The van der Waals surface area contributed by atoms with Gasteiger partial charge < -0.3 is 4.85 Å². The third-order valence-corrected chi connectivity index (χ3v) is 7.80. The molecule has 1 aliphatic heterocycles. The van der Waals surface area contributed by atoms with Crippen molar-refractivity contribution in [3.8, 4) is 5.00 Å². The number of aromatic nitrogens is 3. The van der Waals surface area contributed by atoms with Gasteiger partial charge in [-0.1, -0.05) is 54.1 Å². The van der Waals surface area contributed by atoms with E-state index in [-0.39, 0.29) is 18.7 Å². The molecule has 2 aromatic heterocycles. The predicted octanol–water partition coefficient (Wildman–Crippen LogP) is 6.32. The number of benzene rings is 2. The van der Waals surface area contributed by atoms with Gasteiger partial charge in [0.05, 0.1) is 17.2 Å². The second-order valence-electron chi connectivity index (χ2n) is 9.14. The number of thiophene rings is 1. The van der Waals surface area contributed by atoms with Crippen LogP contribution in [0.5, 0.6) is 0 Å². The van der Waals surface area contributed by atoms with Gasteiger partial charge in [-0.25, -0.2) is 11.4 Å². The molecule has 1 aliphatic rings. The first-order valence-corrected chi connectivity index (χ1v) is 12.7. The molecule has 0 saturated heterocycles. The van der Waals surface area contributed by atoms with E-state index >= 15 is 0 Å². The lowest BCUT2D eigenvalue weighted by Crippen LogP contribution is -2.13. The van der Waals surface area contributed by atoms with Crippen LogP contribution >= 0.6 is 11.3 Å². The lowest BCUT2D eigenvalue weighted by Gasteiger charge is -2.12. The molecule has 8 heteroatoms. The number of ketones is 1. The van der Waals surface area contributed by atoms with Crippen LogP contribution in [0, 0.1) is 33.9 Å². The zero-order valence-electron chi connectivity index (χ0n) is 20.8. The first-order chi connectivity index (χ1) is 17.9. The lowest BCUT2D eigenvalue weighted by molar-refractivity contribution is -0.118. The molecule has 37 heavy (non-hydrogen) atoms. The van der Waals surface area contributed by atoms with Crippen molar-refractivity contribution in [2.24, 2.45) is 4.99 Å². The Morgan fingerprint density at radius 2 is 1.76 bits per heavy atom. The monoisotopic (exact) mass is 504 g/mol. The summed E-state index contributed by atoms with van der Waals surface area (Å²) in [6, 6.07) is 14.8. The zero-order valence-corrected chi connectivity index (χ0v) is 21.6. The number of aryl methyl sites for hydroxylation is 2. The number of fused-ring (bicyclic) bond motifs is 3. The number of aliphatic imine (C=N–C) groups is 1. The maximum atomic E-state index is 13.2. The highest BCUT2D eigenvalue weighted by atomic mass is 32.1. The largest absolute Gasteiger partial charge is 0.311 e. The Morgan fingerprint density at radius 1 is 1.03 bits per heavy atom. The van der Waals surface area contributed by atoms with Gasteiger partial charge in [-0.05, 0) is 37.5 Å². The van der Waals surface area contributed by atoms with Crippen LogP contribution in [0.15, 0.2) is 53.5 Å². The third kappa shape index (κ3) is 4.60. The number of rotatable bonds is 6. The van der Waals surface area contributed by atoms with E-state index in [0.717, 1.165) is 43.4 Å². The van der Waals surface area contributed by atoms with Gasteiger partial charge in [-0.15, -0.1) is 21.5 Å². The molecule has 3 heterocycles. The molecule has 182 valence electrons. The minimum Gasteiger partial charge on any atom is -0.311 e. The van der Waals surface area contributed by atoms with Gasteiger partial charge in [0.25, 0.3) is 0 Å². The Kier molecular flexibility index (Phi) is 6.52. The van der Waals surface area contributed by atoms with Crippen molar-refractivity contribution < 1.29 is 4.79 Å². The fraction of sp³-hybridized carbons (Fsp3) is 0.241. The van der Waals surface area contributed by atoms with Crippen LogP contribution in [-0.2, 0) is 17.8 Å². The second-order valence-corrected chi connectivity index (χ2v) is 10.2. The molecular weight excluding hydrogens is 480 g/mol. The van der Waals surface area contributed by atoms with Crippen molar-refractivity contribution in [2.45, 2.75) is 46.2 Å². The van der Waals surface area contributed by atoms with E-state index in [9.17, 15) is 4.79 Å². The lowest BCUT2D eigenvalue weighted by atomic mass is 9.98. The van der Waals surface area contributed by atoms with Crippen molar-refractivity contribution in [3.05, 3.63) is 116 Å². The summed E-state index contributed by atoms with van der Waals surface area (Å²) < 4.78 is 1.99. The molecule has 0 fully saturated rings. The van der Waals surface area contributed by atoms with Crippen molar-refractivity contribution in [2.75, 3.05) is 0 Å². The summed E-state index contributed by atoms with van der Waals surface area (Å²) >= 11 is 1.55. The normalized spacial score (nSPS) is 14.1. The molecule has 0 unspecified atom stereocenters. The molecule has 0 bridgehead atoms. The fourth-order valence-electron chi connectivity index (χ4n) is 4.60. The van der Waals surface area contributed by atoms with Crippen LogP contribution in [0.3, 0.4) is 0 Å². The van der Waals surface area contributed by atoms with Gasteiger partial charge >= 0.3 is 0 Å². The number of hydrogen-bond acceptors (Lipinski definition) is 5. The molecule has 0 aliphatic carbocycles. The predicted molar refractivity (Wildman–Crippen MR) is 145 cm³/mol. The number of Topliss-reactive ketones (excluding diaryl/α,β-unsaturated/α-hetero) is 1. The number of hydrogen-bond donors (Lipinski definition) is 0. The molecular formula is C29H24N6OS. The standard InChI is InChI=1S/C29H24N6OS/c1-17-6-8-20(9-7-17)14-23(36)15-24-28-34-33-19(3)35(28)29-26(18(2)25(37-29)16-30-4)27(32-24)21-10-12-22(31-5)13-11-21/h6-13,24H,14-16H2,1-3H3/t24-/m0/s1. The maximum Gasteiger partial charge on any atom is 0.249 e. The second kappa shape index (κ2) is 9.93. The molecule has 4 aromatic rings. The first-order valence-electron chi connectivity index (χ1n) is 11.9. The Bertz CT molecular complexity index is 1610. The quantitative estimate of drug-likeness (QED) is 0.289. The molecule has 5 rings (SSSR count). The highest BCUT2D eigenvalue weighted by Crippen LogP contribution is 2.40. The molecule has 0 N–H and O–H groups in total. The minimum absolute atomic E-state index is 0.0724. The van der Waals surface area contributed by atoms with Gasteiger partial charge in [0.15, 0.2) is 11.5 Å². The average Bonchev–Trinajstić information content (AvgIpc) is 3.38. The van der Waals surface area contributed by atoms with Crippen molar-refractivity contribution in [1.82, 2.24) is 14.8 Å². The van der Waals surface area contributed by atoms with Crippen molar-refractivity contribution in [3.63, 3.8) is 0 Å². The summed E-state index contributed by atoms with van der Waals surface area (Å²) in [5.41, 5.74) is 6.20. The first kappa shape index (κ1) is 24.3. The fourth-order valence-corrected chi connectivity index (χ4v) is 5.88. The van der Waals surface area contributed by atoms with E-state index in [1.54, 1.807) is 23.5 Å². The van der Waals surface area contributed by atoms with Crippen LogP contribution in [0.1, 0.15) is 56.8 Å². The number of carbonyl (C=O) groups is 1. The van der Waals surface area contributed by atoms with Crippen LogP contribution in [0.4, 0.5) is 5.69 Å². The highest BCUT2D eigenvalue weighted by molar-refractivity contribution is 7.15. The third-order valence-electron chi connectivity index (χ3n) is 6.54. The van der Waals surface area contributed by atoms with E-state index < -0.39 is 6.04 Å². The number of carbonyl (C=O) groups excluding carboxylic acids is 1. The van der Waals surface area contributed by atoms with E-state index in [2.05, 4.69) is 19.9 Å². The van der Waals surface area contributed by atoms with Gasteiger partial charge in [0.2, 0.25) is 6.54 Å². The van der Waals surface area contributed by atoms with Crippen LogP contribution in [0.25, 0.3) is 14.7 Å². The average molecular weight is 505 g/mol. The summed E-state index contributed by atoms with van der Waals surface area (Å²) in [4.78, 5) is 26.5. The van der Waals surface area contributed by atoms with Crippen LogP contribution < -0.4 is 0 Å². The van der Waals surface area contributed by atoms with E-state index in [1.807, 2.05) is 61.7 Å². The van der Waals surface area contributed by atoms with Crippen LogP contribution in [-0.4, -0.2) is 26.3 Å².